The maximum atomic E-state index is 9.70. The highest BCUT2D eigenvalue weighted by atomic mass is 35.5. The Kier molecular flexibility index (Phi) is 9.87. The lowest BCUT2D eigenvalue weighted by atomic mass is 10.1. The van der Waals surface area contributed by atoms with Crippen molar-refractivity contribution in [2.24, 2.45) is 0 Å². The third-order valence-electron chi connectivity index (χ3n) is 7.94. The van der Waals surface area contributed by atoms with Gasteiger partial charge in [0.2, 0.25) is 11.9 Å². The van der Waals surface area contributed by atoms with Gasteiger partial charge in [-0.25, -0.2) is 9.03 Å². The number of aromatic hydroxyl groups is 2. The molecule has 4 aromatic heterocycles. The number of hydrogen-bond donors (Lipinski definition) is 6. The molecule has 8 rings (SSSR count). The first kappa shape index (κ1) is 34.3. The molecule has 0 fully saturated rings. The summed E-state index contributed by atoms with van der Waals surface area (Å²) in [6, 6.07) is 31.8. The van der Waals surface area contributed by atoms with Crippen LogP contribution in [0.5, 0.6) is 11.5 Å². The fourth-order valence-electron chi connectivity index (χ4n) is 5.36. The van der Waals surface area contributed by atoms with Crippen molar-refractivity contribution < 1.29 is 20.4 Å². The fraction of sp³-hybridized carbons (Fsp3) is 0.0526. The molecule has 4 aromatic carbocycles. The van der Waals surface area contributed by atoms with E-state index in [0.717, 1.165) is 39.2 Å². The van der Waals surface area contributed by atoms with Crippen molar-refractivity contribution in [1.82, 2.24) is 29.2 Å². The van der Waals surface area contributed by atoms with Crippen LogP contribution in [0.4, 0.5) is 23.3 Å². The summed E-state index contributed by atoms with van der Waals surface area (Å²) in [5, 5.41) is 53.9. The van der Waals surface area contributed by atoms with Gasteiger partial charge in [0, 0.05) is 56.1 Å². The Hall–Kier alpha value is -6.18. The molecular formula is C38H30Cl2N8O4. The molecule has 0 amide bonds. The molecular weight excluding hydrogens is 703 g/mol. The van der Waals surface area contributed by atoms with Gasteiger partial charge in [0.15, 0.2) is 11.3 Å². The van der Waals surface area contributed by atoms with Crippen LogP contribution in [0.3, 0.4) is 0 Å². The highest BCUT2D eigenvalue weighted by Gasteiger charge is 2.11. The first-order valence-corrected chi connectivity index (χ1v) is 16.6. The molecule has 8 aromatic rings. The SMILES string of the molecule is OCc1ccc(Nc2nc3ccc(-c4cc(O)ccc4Cl)cn3n2)cc1.OCc1cccc(Nc2nc3ccc(-c4cc(O)ccc4Cl)cn3n2)c1. The summed E-state index contributed by atoms with van der Waals surface area (Å²) in [7, 11) is 0. The second-order valence-electron chi connectivity index (χ2n) is 11.6. The van der Waals surface area contributed by atoms with Gasteiger partial charge in [0.05, 0.1) is 13.2 Å². The number of nitrogens with zero attached hydrogens (tertiary/aromatic N) is 6. The molecule has 14 heteroatoms. The summed E-state index contributed by atoms with van der Waals surface area (Å²) in [6.45, 7) is -0.0184. The number of rotatable bonds is 8. The summed E-state index contributed by atoms with van der Waals surface area (Å²) in [4.78, 5) is 8.87. The van der Waals surface area contributed by atoms with Crippen molar-refractivity contribution in [1.29, 1.82) is 0 Å². The molecule has 52 heavy (non-hydrogen) atoms. The zero-order valence-corrected chi connectivity index (χ0v) is 28.7. The Morgan fingerprint density at radius 2 is 1.06 bits per heavy atom. The van der Waals surface area contributed by atoms with E-state index in [1.54, 1.807) is 51.6 Å². The Morgan fingerprint density at radius 1 is 0.538 bits per heavy atom. The van der Waals surface area contributed by atoms with Crippen molar-refractivity contribution in [3.05, 3.63) is 143 Å². The second kappa shape index (κ2) is 15.0. The molecule has 0 spiro atoms. The van der Waals surface area contributed by atoms with Gasteiger partial charge in [0.25, 0.3) is 0 Å². The van der Waals surface area contributed by atoms with Crippen LogP contribution >= 0.6 is 23.2 Å². The van der Waals surface area contributed by atoms with Crippen molar-refractivity contribution in [2.75, 3.05) is 10.6 Å². The minimum absolute atomic E-state index is 0.00721. The summed E-state index contributed by atoms with van der Waals surface area (Å²) < 4.78 is 3.30. The number of aliphatic hydroxyl groups is 2. The van der Waals surface area contributed by atoms with E-state index in [1.165, 1.54) is 0 Å². The average molecular weight is 734 g/mol. The predicted molar refractivity (Wildman–Crippen MR) is 201 cm³/mol. The van der Waals surface area contributed by atoms with Crippen LogP contribution in [0.1, 0.15) is 11.1 Å². The first-order valence-electron chi connectivity index (χ1n) is 15.9. The molecule has 0 saturated carbocycles. The van der Waals surface area contributed by atoms with E-state index in [0.29, 0.717) is 38.8 Å². The zero-order valence-electron chi connectivity index (χ0n) is 27.2. The molecule has 0 bridgehead atoms. The van der Waals surface area contributed by atoms with E-state index < -0.39 is 0 Å². The highest BCUT2D eigenvalue weighted by molar-refractivity contribution is 6.33. The van der Waals surface area contributed by atoms with Crippen molar-refractivity contribution >= 4 is 57.8 Å². The average Bonchev–Trinajstić information content (AvgIpc) is 3.76. The van der Waals surface area contributed by atoms with Crippen LogP contribution < -0.4 is 10.6 Å². The van der Waals surface area contributed by atoms with E-state index in [1.807, 2.05) is 79.0 Å². The molecule has 6 N–H and O–H groups in total. The zero-order chi connectivity index (χ0) is 36.2. The molecule has 12 nitrogen and oxygen atoms in total. The van der Waals surface area contributed by atoms with Crippen molar-refractivity contribution in [3.8, 4) is 33.8 Å². The van der Waals surface area contributed by atoms with Gasteiger partial charge in [-0.05, 0) is 96.1 Å². The molecule has 0 unspecified atom stereocenters. The second-order valence-corrected chi connectivity index (χ2v) is 12.4. The summed E-state index contributed by atoms with van der Waals surface area (Å²) in [5.74, 6) is 1.20. The van der Waals surface area contributed by atoms with Crippen molar-refractivity contribution in [3.63, 3.8) is 0 Å². The number of fused-ring (bicyclic) bond motifs is 2. The number of hydrogen-bond acceptors (Lipinski definition) is 10. The summed E-state index contributed by atoms with van der Waals surface area (Å²) in [5.41, 5.74) is 7.70. The van der Waals surface area contributed by atoms with Gasteiger partial charge in [-0.1, -0.05) is 47.5 Å². The molecule has 4 heterocycles. The molecule has 0 aliphatic rings. The number of phenolic OH excluding ortho intramolecular Hbond substituents is 2. The van der Waals surface area contributed by atoms with E-state index in [4.69, 9.17) is 28.3 Å². The molecule has 0 aliphatic carbocycles. The normalized spacial score (nSPS) is 11.0. The number of benzene rings is 4. The molecule has 0 aliphatic heterocycles. The first-order chi connectivity index (χ1) is 25.2. The molecule has 260 valence electrons. The Morgan fingerprint density at radius 3 is 1.58 bits per heavy atom. The minimum atomic E-state index is -0.0256. The number of aromatic nitrogens is 6. The van der Waals surface area contributed by atoms with Crippen LogP contribution in [0, 0.1) is 0 Å². The van der Waals surface area contributed by atoms with Gasteiger partial charge in [-0.15, -0.1) is 10.2 Å². The summed E-state index contributed by atoms with van der Waals surface area (Å²) in [6.07, 6.45) is 3.61. The van der Waals surface area contributed by atoms with Crippen molar-refractivity contribution in [2.45, 2.75) is 13.2 Å². The van der Waals surface area contributed by atoms with E-state index >= 15 is 0 Å². The van der Waals surface area contributed by atoms with E-state index in [-0.39, 0.29) is 24.7 Å². The fourth-order valence-corrected chi connectivity index (χ4v) is 5.81. The lowest BCUT2D eigenvalue weighted by Crippen LogP contribution is -1.94. The highest BCUT2D eigenvalue weighted by Crippen LogP contribution is 2.32. The van der Waals surface area contributed by atoms with Gasteiger partial charge in [0.1, 0.15) is 11.5 Å². The van der Waals surface area contributed by atoms with Crippen LogP contribution in [0.15, 0.2) is 122 Å². The molecule has 0 radical (unpaired) electrons. The number of phenols is 2. The van der Waals surface area contributed by atoms with Gasteiger partial charge < -0.3 is 31.1 Å². The van der Waals surface area contributed by atoms with Gasteiger partial charge in [-0.3, -0.25) is 0 Å². The minimum Gasteiger partial charge on any atom is -0.508 e. The quantitative estimate of drug-likeness (QED) is 0.0902. The third kappa shape index (κ3) is 7.75. The summed E-state index contributed by atoms with van der Waals surface area (Å²) >= 11 is 12.5. The Bertz CT molecular complexity index is 2520. The smallest absolute Gasteiger partial charge is 0.247 e. The van der Waals surface area contributed by atoms with E-state index in [9.17, 15) is 15.3 Å². The lowest BCUT2D eigenvalue weighted by molar-refractivity contribution is 0.281. The van der Waals surface area contributed by atoms with Gasteiger partial charge in [-0.2, -0.15) is 9.97 Å². The molecule has 0 saturated heterocycles. The maximum absolute atomic E-state index is 9.70. The number of halogens is 2. The topological polar surface area (TPSA) is 165 Å². The standard InChI is InChI=1S/2C19H15ClN4O2/c20-17-7-6-15(26)9-16(17)13-3-8-18-22-19(23-24(18)10-13)21-14-4-1-12(11-25)2-5-14;20-17-6-5-15(26)9-16(17)13-4-7-18-22-19(23-24(18)10-13)21-14-3-1-2-12(8-14)11-25/h2*1-10,25-26H,11H2,(H,21,23). The monoisotopic (exact) mass is 732 g/mol. The third-order valence-corrected chi connectivity index (χ3v) is 8.60. The number of aliphatic hydroxyl groups excluding tert-OH is 2. The Labute approximate surface area is 306 Å². The number of pyridine rings is 2. The number of anilines is 4. The van der Waals surface area contributed by atoms with Crippen LogP contribution in [0.25, 0.3) is 33.5 Å². The maximum Gasteiger partial charge on any atom is 0.247 e. The Balaban J connectivity index is 0.000000162. The lowest BCUT2D eigenvalue weighted by Gasteiger charge is -2.05. The van der Waals surface area contributed by atoms with Gasteiger partial charge >= 0.3 is 0 Å². The largest absolute Gasteiger partial charge is 0.508 e. The van der Waals surface area contributed by atoms with Crippen LogP contribution in [0.2, 0.25) is 10.0 Å². The molecule has 0 atom stereocenters. The predicted octanol–water partition coefficient (Wildman–Crippen LogP) is 7.98. The number of nitrogens with one attached hydrogen (secondary N) is 2. The van der Waals surface area contributed by atoms with Crippen LogP contribution in [-0.4, -0.2) is 49.6 Å². The van der Waals surface area contributed by atoms with E-state index in [2.05, 4.69) is 30.8 Å². The van der Waals surface area contributed by atoms with Crippen LogP contribution in [-0.2, 0) is 13.2 Å².